The van der Waals surface area contributed by atoms with Crippen LogP contribution in [-0.4, -0.2) is 19.0 Å². The lowest BCUT2D eigenvalue weighted by Crippen LogP contribution is -2.19. The van der Waals surface area contributed by atoms with Gasteiger partial charge < -0.3 is 10.6 Å². The number of anilines is 1. The summed E-state index contributed by atoms with van der Waals surface area (Å²) in [6.07, 6.45) is 2.39. The summed E-state index contributed by atoms with van der Waals surface area (Å²) in [6, 6.07) is 6.23. The van der Waals surface area contributed by atoms with Crippen molar-refractivity contribution in [1.29, 1.82) is 0 Å². The van der Waals surface area contributed by atoms with E-state index in [1.54, 1.807) is 7.05 Å². The largest absolute Gasteiger partial charge is 0.382 e. The van der Waals surface area contributed by atoms with Crippen LogP contribution in [0.1, 0.15) is 49.5 Å². The van der Waals surface area contributed by atoms with Crippen LogP contribution in [0.4, 0.5) is 5.69 Å². The van der Waals surface area contributed by atoms with E-state index >= 15 is 0 Å². The van der Waals surface area contributed by atoms with Gasteiger partial charge in [-0.05, 0) is 56.4 Å². The molecule has 3 heteroatoms. The molecule has 3 nitrogen and oxygen atoms in total. The lowest BCUT2D eigenvalue weighted by Gasteiger charge is -2.18. The van der Waals surface area contributed by atoms with E-state index in [1.807, 2.05) is 25.1 Å². The molecule has 1 rings (SSSR count). The Morgan fingerprint density at radius 1 is 1.21 bits per heavy atom. The minimum Gasteiger partial charge on any atom is -0.382 e. The molecule has 0 heterocycles. The van der Waals surface area contributed by atoms with Gasteiger partial charge >= 0.3 is 0 Å². The van der Waals surface area contributed by atoms with Crippen molar-refractivity contribution in [2.24, 2.45) is 5.92 Å². The Hall–Kier alpha value is -1.51. The van der Waals surface area contributed by atoms with E-state index in [4.69, 9.17) is 0 Å². The minimum atomic E-state index is -0.0393. The van der Waals surface area contributed by atoms with Crippen molar-refractivity contribution >= 4 is 11.6 Å². The van der Waals surface area contributed by atoms with Gasteiger partial charge in [-0.2, -0.15) is 0 Å². The van der Waals surface area contributed by atoms with Gasteiger partial charge in [-0.15, -0.1) is 0 Å². The van der Waals surface area contributed by atoms with Gasteiger partial charge in [0, 0.05) is 24.3 Å². The number of nitrogens with one attached hydrogen (secondary N) is 2. The van der Waals surface area contributed by atoms with E-state index in [0.29, 0.717) is 11.6 Å². The van der Waals surface area contributed by atoms with Gasteiger partial charge in [0.15, 0.2) is 0 Å². The van der Waals surface area contributed by atoms with Crippen LogP contribution in [-0.2, 0) is 0 Å². The molecule has 106 valence electrons. The van der Waals surface area contributed by atoms with Crippen molar-refractivity contribution in [1.82, 2.24) is 5.32 Å². The molecule has 1 atom stereocenters. The quantitative estimate of drug-likeness (QED) is 0.822. The van der Waals surface area contributed by atoms with E-state index in [1.165, 1.54) is 6.42 Å². The van der Waals surface area contributed by atoms with Gasteiger partial charge in [-0.25, -0.2) is 0 Å². The van der Waals surface area contributed by atoms with Crippen LogP contribution in [0.3, 0.4) is 0 Å². The van der Waals surface area contributed by atoms with Crippen molar-refractivity contribution in [3.05, 3.63) is 29.3 Å². The standard InChI is InChI=1S/C16H26N2O/c1-11(2)6-7-13(4)18-15-9-8-14(10-12(15)3)16(19)17-5/h8-11,13,18H,6-7H2,1-5H3,(H,17,19). The molecule has 1 amide bonds. The average molecular weight is 262 g/mol. The third kappa shape index (κ3) is 4.93. The molecule has 19 heavy (non-hydrogen) atoms. The van der Waals surface area contributed by atoms with Crippen molar-refractivity contribution in [3.8, 4) is 0 Å². The van der Waals surface area contributed by atoms with Crippen LogP contribution >= 0.6 is 0 Å². The van der Waals surface area contributed by atoms with Crippen molar-refractivity contribution in [3.63, 3.8) is 0 Å². The van der Waals surface area contributed by atoms with E-state index in [9.17, 15) is 4.79 Å². The summed E-state index contributed by atoms with van der Waals surface area (Å²) in [7, 11) is 1.65. The number of hydrogen-bond acceptors (Lipinski definition) is 2. The van der Waals surface area contributed by atoms with Crippen molar-refractivity contribution in [2.45, 2.75) is 46.6 Å². The first kappa shape index (κ1) is 15.5. The zero-order valence-corrected chi connectivity index (χ0v) is 12.7. The Labute approximate surface area is 116 Å². The fourth-order valence-corrected chi connectivity index (χ4v) is 2.03. The molecule has 1 unspecified atom stereocenters. The van der Waals surface area contributed by atoms with Gasteiger partial charge in [0.2, 0.25) is 0 Å². The van der Waals surface area contributed by atoms with Crippen LogP contribution < -0.4 is 10.6 Å². The molecule has 0 radical (unpaired) electrons. The summed E-state index contributed by atoms with van der Waals surface area (Å²) in [5, 5.41) is 6.16. The zero-order chi connectivity index (χ0) is 14.4. The molecule has 0 aliphatic rings. The molecule has 0 bridgehead atoms. The first-order valence-electron chi connectivity index (χ1n) is 7.03. The van der Waals surface area contributed by atoms with Crippen molar-refractivity contribution in [2.75, 3.05) is 12.4 Å². The first-order chi connectivity index (χ1) is 8.93. The third-order valence-corrected chi connectivity index (χ3v) is 3.29. The maximum Gasteiger partial charge on any atom is 0.251 e. The number of benzene rings is 1. The molecule has 0 aliphatic heterocycles. The first-order valence-corrected chi connectivity index (χ1v) is 7.03. The van der Waals surface area contributed by atoms with Crippen LogP contribution in [0.5, 0.6) is 0 Å². The van der Waals surface area contributed by atoms with Crippen LogP contribution in [0.15, 0.2) is 18.2 Å². The molecule has 0 fully saturated rings. The topological polar surface area (TPSA) is 41.1 Å². The van der Waals surface area contributed by atoms with E-state index in [-0.39, 0.29) is 5.91 Å². The molecule has 0 spiro atoms. The van der Waals surface area contributed by atoms with E-state index < -0.39 is 0 Å². The molecule has 0 saturated carbocycles. The van der Waals surface area contributed by atoms with Gasteiger partial charge in [0.25, 0.3) is 5.91 Å². The Balaban J connectivity index is 2.67. The Bertz CT molecular complexity index is 427. The highest BCUT2D eigenvalue weighted by atomic mass is 16.1. The molecular weight excluding hydrogens is 236 g/mol. The van der Waals surface area contributed by atoms with E-state index in [0.717, 1.165) is 23.6 Å². The van der Waals surface area contributed by atoms with Crippen LogP contribution in [0, 0.1) is 12.8 Å². The molecule has 1 aromatic carbocycles. The summed E-state index contributed by atoms with van der Waals surface area (Å²) in [5.74, 6) is 0.698. The molecule has 0 aromatic heterocycles. The maximum atomic E-state index is 11.5. The van der Waals surface area contributed by atoms with Gasteiger partial charge in [-0.1, -0.05) is 13.8 Å². The second-order valence-electron chi connectivity index (χ2n) is 5.63. The zero-order valence-electron chi connectivity index (χ0n) is 12.7. The second kappa shape index (κ2) is 7.17. The van der Waals surface area contributed by atoms with Gasteiger partial charge in [0.05, 0.1) is 0 Å². The summed E-state index contributed by atoms with van der Waals surface area (Å²) < 4.78 is 0. The van der Waals surface area contributed by atoms with Crippen LogP contribution in [0.25, 0.3) is 0 Å². The summed E-state index contributed by atoms with van der Waals surface area (Å²) in [4.78, 5) is 11.5. The van der Waals surface area contributed by atoms with Crippen LogP contribution in [0.2, 0.25) is 0 Å². The number of rotatable bonds is 6. The normalized spacial score (nSPS) is 12.3. The molecule has 1 aromatic rings. The number of carbonyl (C=O) groups is 1. The SMILES string of the molecule is CNC(=O)c1ccc(NC(C)CCC(C)C)c(C)c1. The molecular formula is C16H26N2O. The highest BCUT2D eigenvalue weighted by Gasteiger charge is 2.08. The number of aryl methyl sites for hydroxylation is 1. The highest BCUT2D eigenvalue weighted by molar-refractivity contribution is 5.94. The fraction of sp³-hybridized carbons (Fsp3) is 0.562. The Morgan fingerprint density at radius 2 is 1.89 bits per heavy atom. The summed E-state index contributed by atoms with van der Waals surface area (Å²) in [6.45, 7) is 8.73. The monoisotopic (exact) mass is 262 g/mol. The maximum absolute atomic E-state index is 11.5. The summed E-state index contributed by atoms with van der Waals surface area (Å²) >= 11 is 0. The number of amides is 1. The smallest absolute Gasteiger partial charge is 0.251 e. The Morgan fingerprint density at radius 3 is 2.42 bits per heavy atom. The molecule has 0 aliphatic carbocycles. The average Bonchev–Trinajstić information content (AvgIpc) is 2.37. The van der Waals surface area contributed by atoms with Gasteiger partial charge in [0.1, 0.15) is 0 Å². The second-order valence-corrected chi connectivity index (χ2v) is 5.63. The van der Waals surface area contributed by atoms with Gasteiger partial charge in [-0.3, -0.25) is 4.79 Å². The minimum absolute atomic E-state index is 0.0393. The third-order valence-electron chi connectivity index (χ3n) is 3.29. The molecule has 0 saturated heterocycles. The lowest BCUT2D eigenvalue weighted by molar-refractivity contribution is 0.0963. The van der Waals surface area contributed by atoms with Crippen molar-refractivity contribution < 1.29 is 4.79 Å². The Kier molecular flexibility index (Phi) is 5.87. The fourth-order valence-electron chi connectivity index (χ4n) is 2.03. The number of carbonyl (C=O) groups excluding carboxylic acids is 1. The van der Waals surface area contributed by atoms with E-state index in [2.05, 4.69) is 31.4 Å². The predicted octanol–water partition coefficient (Wildman–Crippen LogP) is 3.59. The number of hydrogen-bond donors (Lipinski definition) is 2. The summed E-state index contributed by atoms with van der Waals surface area (Å²) in [5.41, 5.74) is 2.93. The predicted molar refractivity (Wildman–Crippen MR) is 81.7 cm³/mol. The molecule has 2 N–H and O–H groups in total. The highest BCUT2D eigenvalue weighted by Crippen LogP contribution is 2.19. The lowest BCUT2D eigenvalue weighted by atomic mass is 10.0.